The largest absolute Gasteiger partial charge is 0.496 e. The summed E-state index contributed by atoms with van der Waals surface area (Å²) in [6.07, 6.45) is 1.23. The number of carbonyl (C=O) groups excluding carboxylic acids is 2. The van der Waals surface area contributed by atoms with E-state index in [-0.39, 0.29) is 0 Å². The van der Waals surface area contributed by atoms with Gasteiger partial charge in [-0.3, -0.25) is 9.59 Å². The van der Waals surface area contributed by atoms with E-state index in [9.17, 15) is 9.59 Å². The van der Waals surface area contributed by atoms with Crippen molar-refractivity contribution in [3.63, 3.8) is 0 Å². The van der Waals surface area contributed by atoms with Crippen LogP contribution in [0.4, 0.5) is 0 Å². The smallest absolute Gasteiger partial charge is 0.309 e. The van der Waals surface area contributed by atoms with Crippen molar-refractivity contribution in [1.82, 2.24) is 10.6 Å². The van der Waals surface area contributed by atoms with Gasteiger partial charge >= 0.3 is 11.8 Å². The normalized spacial score (nSPS) is 10.2. The molecule has 0 heterocycles. The lowest BCUT2D eigenvalue weighted by molar-refractivity contribution is -0.139. The Morgan fingerprint density at radius 3 is 2.16 bits per heavy atom. The monoisotopic (exact) mass is 360 g/mol. The summed E-state index contributed by atoms with van der Waals surface area (Å²) < 4.78 is 5.25. The molecule has 2 N–H and O–H groups in total. The molecule has 0 atom stereocenters. The molecule has 6 heteroatoms. The molecule has 0 spiro atoms. The molecule has 0 radical (unpaired) electrons. The maximum absolute atomic E-state index is 11.8. The Labute approximate surface area is 152 Å². The molecule has 0 saturated heterocycles. The van der Waals surface area contributed by atoms with Crippen molar-refractivity contribution in [2.45, 2.75) is 12.8 Å². The van der Waals surface area contributed by atoms with E-state index in [4.69, 9.17) is 16.3 Å². The van der Waals surface area contributed by atoms with Crippen LogP contribution in [0.2, 0.25) is 5.02 Å². The number of hydrogen-bond acceptors (Lipinski definition) is 3. The third kappa shape index (κ3) is 6.12. The van der Waals surface area contributed by atoms with Crippen molar-refractivity contribution in [2.75, 3.05) is 20.2 Å². The highest BCUT2D eigenvalue weighted by molar-refractivity contribution is 6.35. The second kappa shape index (κ2) is 9.69. The molecule has 2 amide bonds. The lowest BCUT2D eigenvalue weighted by atomic mass is 10.1. The van der Waals surface area contributed by atoms with Crippen LogP contribution in [-0.2, 0) is 22.4 Å². The highest BCUT2D eigenvalue weighted by Crippen LogP contribution is 2.17. The first-order valence-corrected chi connectivity index (χ1v) is 8.40. The molecule has 2 aromatic carbocycles. The maximum atomic E-state index is 11.8. The van der Waals surface area contributed by atoms with Gasteiger partial charge in [-0.05, 0) is 42.2 Å². The van der Waals surface area contributed by atoms with E-state index in [0.29, 0.717) is 31.0 Å². The van der Waals surface area contributed by atoms with Gasteiger partial charge in [-0.2, -0.15) is 0 Å². The van der Waals surface area contributed by atoms with Gasteiger partial charge in [-0.15, -0.1) is 0 Å². The predicted octanol–water partition coefficient (Wildman–Crippen LogP) is 2.37. The third-order valence-electron chi connectivity index (χ3n) is 3.69. The molecule has 0 bridgehead atoms. The Morgan fingerprint density at radius 1 is 0.920 bits per heavy atom. The molecule has 132 valence electrons. The van der Waals surface area contributed by atoms with E-state index in [1.165, 1.54) is 0 Å². The number of carbonyl (C=O) groups is 2. The number of halogens is 1. The summed E-state index contributed by atoms with van der Waals surface area (Å²) in [7, 11) is 1.60. The van der Waals surface area contributed by atoms with Crippen LogP contribution in [0.15, 0.2) is 48.5 Å². The van der Waals surface area contributed by atoms with E-state index in [1.807, 2.05) is 36.4 Å². The van der Waals surface area contributed by atoms with Gasteiger partial charge < -0.3 is 15.4 Å². The van der Waals surface area contributed by atoms with Gasteiger partial charge in [-0.25, -0.2) is 0 Å². The number of amides is 2. The minimum atomic E-state index is -0.633. The number of rotatable bonds is 7. The van der Waals surface area contributed by atoms with Crippen molar-refractivity contribution in [3.8, 4) is 5.75 Å². The van der Waals surface area contributed by atoms with Gasteiger partial charge in [0.15, 0.2) is 0 Å². The average molecular weight is 361 g/mol. The SMILES string of the molecule is COc1ccccc1CCNC(=O)C(=O)NCCc1ccc(Cl)cc1. The van der Waals surface area contributed by atoms with Gasteiger partial charge in [0.25, 0.3) is 0 Å². The van der Waals surface area contributed by atoms with E-state index in [1.54, 1.807) is 19.2 Å². The summed E-state index contributed by atoms with van der Waals surface area (Å²) in [6, 6.07) is 15.0. The number of ether oxygens (including phenoxy) is 1. The molecule has 2 rings (SSSR count). The zero-order chi connectivity index (χ0) is 18.1. The summed E-state index contributed by atoms with van der Waals surface area (Å²) in [5.41, 5.74) is 2.02. The van der Waals surface area contributed by atoms with Gasteiger partial charge in [0, 0.05) is 18.1 Å². The van der Waals surface area contributed by atoms with Crippen molar-refractivity contribution < 1.29 is 14.3 Å². The van der Waals surface area contributed by atoms with E-state index >= 15 is 0 Å². The molecular formula is C19H21ClN2O3. The molecule has 5 nitrogen and oxygen atoms in total. The quantitative estimate of drug-likeness (QED) is 0.745. The number of nitrogens with one attached hydrogen (secondary N) is 2. The van der Waals surface area contributed by atoms with Crippen LogP contribution in [0.25, 0.3) is 0 Å². The lowest BCUT2D eigenvalue weighted by Crippen LogP contribution is -2.41. The fourth-order valence-electron chi connectivity index (χ4n) is 2.35. The molecule has 0 saturated carbocycles. The van der Waals surface area contributed by atoms with Crippen LogP contribution < -0.4 is 15.4 Å². The Balaban J connectivity index is 1.69. The zero-order valence-electron chi connectivity index (χ0n) is 14.0. The molecule has 0 unspecified atom stereocenters. The van der Waals surface area contributed by atoms with Crippen LogP contribution >= 0.6 is 11.6 Å². The Kier molecular flexibility index (Phi) is 7.29. The Morgan fingerprint density at radius 2 is 1.52 bits per heavy atom. The summed E-state index contributed by atoms with van der Waals surface area (Å²) >= 11 is 5.82. The van der Waals surface area contributed by atoms with E-state index in [2.05, 4.69) is 10.6 Å². The van der Waals surface area contributed by atoms with Crippen LogP contribution in [0, 0.1) is 0 Å². The summed E-state index contributed by atoms with van der Waals surface area (Å²) in [5, 5.41) is 5.89. The molecule has 0 aliphatic heterocycles. The van der Waals surface area contributed by atoms with Gasteiger partial charge in [0.05, 0.1) is 7.11 Å². The standard InChI is InChI=1S/C19H21ClN2O3/c1-25-17-5-3-2-4-15(17)11-13-22-19(24)18(23)21-12-10-14-6-8-16(20)9-7-14/h2-9H,10-13H2,1H3,(H,21,23)(H,22,24). The highest BCUT2D eigenvalue weighted by Gasteiger charge is 2.12. The first-order chi connectivity index (χ1) is 12.1. The van der Waals surface area contributed by atoms with Crippen molar-refractivity contribution in [2.24, 2.45) is 0 Å². The maximum Gasteiger partial charge on any atom is 0.309 e. The van der Waals surface area contributed by atoms with Crippen molar-refractivity contribution >= 4 is 23.4 Å². The number of methoxy groups -OCH3 is 1. The zero-order valence-corrected chi connectivity index (χ0v) is 14.8. The first-order valence-electron chi connectivity index (χ1n) is 8.02. The van der Waals surface area contributed by atoms with Gasteiger partial charge in [0.2, 0.25) is 0 Å². The fraction of sp³-hybridized carbons (Fsp3) is 0.263. The summed E-state index contributed by atoms with van der Waals surface area (Å²) in [6.45, 7) is 0.754. The predicted molar refractivity (Wildman–Crippen MR) is 97.9 cm³/mol. The number of hydrogen-bond donors (Lipinski definition) is 2. The number of benzene rings is 2. The van der Waals surface area contributed by atoms with Gasteiger partial charge in [0.1, 0.15) is 5.75 Å². The van der Waals surface area contributed by atoms with Crippen LogP contribution in [0.3, 0.4) is 0 Å². The molecule has 0 aliphatic rings. The molecule has 0 aliphatic carbocycles. The molecule has 0 aromatic heterocycles. The third-order valence-corrected chi connectivity index (χ3v) is 3.94. The second-order valence-electron chi connectivity index (χ2n) is 5.45. The minimum absolute atomic E-state index is 0.365. The first kappa shape index (κ1) is 18.8. The average Bonchev–Trinajstić information content (AvgIpc) is 2.63. The van der Waals surface area contributed by atoms with E-state index in [0.717, 1.165) is 16.9 Å². The Bertz CT molecular complexity index is 717. The molecular weight excluding hydrogens is 340 g/mol. The molecule has 2 aromatic rings. The fourth-order valence-corrected chi connectivity index (χ4v) is 2.48. The topological polar surface area (TPSA) is 67.4 Å². The van der Waals surface area contributed by atoms with Crippen molar-refractivity contribution in [1.29, 1.82) is 0 Å². The van der Waals surface area contributed by atoms with Crippen LogP contribution in [0.1, 0.15) is 11.1 Å². The molecule has 25 heavy (non-hydrogen) atoms. The number of para-hydroxylation sites is 1. The molecule has 0 fully saturated rings. The van der Waals surface area contributed by atoms with Crippen LogP contribution in [-0.4, -0.2) is 32.0 Å². The van der Waals surface area contributed by atoms with E-state index < -0.39 is 11.8 Å². The summed E-state index contributed by atoms with van der Waals surface area (Å²) in [5.74, 6) is -0.496. The van der Waals surface area contributed by atoms with Gasteiger partial charge in [-0.1, -0.05) is 41.9 Å². The Hall–Kier alpha value is -2.53. The highest BCUT2D eigenvalue weighted by atomic mass is 35.5. The van der Waals surface area contributed by atoms with Crippen LogP contribution in [0.5, 0.6) is 5.75 Å². The summed E-state index contributed by atoms with van der Waals surface area (Å²) in [4.78, 5) is 23.6. The minimum Gasteiger partial charge on any atom is -0.496 e. The second-order valence-corrected chi connectivity index (χ2v) is 5.89. The van der Waals surface area contributed by atoms with Crippen molar-refractivity contribution in [3.05, 3.63) is 64.7 Å². The lowest BCUT2D eigenvalue weighted by Gasteiger charge is -2.09.